The minimum Gasteiger partial charge on any atom is -0.0661 e. The fourth-order valence-corrected chi connectivity index (χ4v) is 3.03. The minimum absolute atomic E-state index is 0.714. The van der Waals surface area contributed by atoms with E-state index in [0.29, 0.717) is 5.92 Å². The number of allylic oxidation sites excluding steroid dienone is 2. The third kappa shape index (κ3) is 2.68. The second kappa shape index (κ2) is 5.73. The molecule has 0 heterocycles. The number of aryl methyl sites for hydroxylation is 2. The zero-order valence-electron chi connectivity index (χ0n) is 12.3. The maximum Gasteiger partial charge on any atom is -0.0185 e. The van der Waals surface area contributed by atoms with Crippen molar-refractivity contribution in [3.8, 4) is 0 Å². The van der Waals surface area contributed by atoms with E-state index in [9.17, 15) is 0 Å². The molecule has 2 rings (SSSR count). The summed E-state index contributed by atoms with van der Waals surface area (Å²) in [5.41, 5.74) is 7.74. The Morgan fingerprint density at radius 2 is 1.94 bits per heavy atom. The topological polar surface area (TPSA) is 0 Å². The van der Waals surface area contributed by atoms with E-state index in [-0.39, 0.29) is 0 Å². The summed E-state index contributed by atoms with van der Waals surface area (Å²) >= 11 is 0. The summed E-state index contributed by atoms with van der Waals surface area (Å²) in [6, 6.07) is 6.90. The molecule has 1 atom stereocenters. The van der Waals surface area contributed by atoms with Crippen LogP contribution in [-0.4, -0.2) is 0 Å². The molecule has 0 radical (unpaired) electrons. The van der Waals surface area contributed by atoms with Gasteiger partial charge in [0.1, 0.15) is 0 Å². The van der Waals surface area contributed by atoms with Crippen LogP contribution in [0.4, 0.5) is 0 Å². The van der Waals surface area contributed by atoms with Gasteiger partial charge in [-0.1, -0.05) is 49.6 Å². The molecule has 18 heavy (non-hydrogen) atoms. The highest BCUT2D eigenvalue weighted by Crippen LogP contribution is 2.40. The third-order valence-corrected chi connectivity index (χ3v) is 4.24. The standard InChI is InChI=1S/C18H26/c1-5-7-15(4)18(16-8-6-9-16)17-12-13(2)10-11-14(17)3/h10-12,15H,5-9H2,1-4H3. The molecule has 1 aliphatic rings. The van der Waals surface area contributed by atoms with Gasteiger partial charge in [-0.05, 0) is 62.1 Å². The van der Waals surface area contributed by atoms with Crippen LogP contribution in [0.15, 0.2) is 23.8 Å². The van der Waals surface area contributed by atoms with E-state index in [2.05, 4.69) is 45.9 Å². The molecule has 0 N–H and O–H groups in total. The van der Waals surface area contributed by atoms with Gasteiger partial charge in [0.2, 0.25) is 0 Å². The van der Waals surface area contributed by atoms with Gasteiger partial charge < -0.3 is 0 Å². The van der Waals surface area contributed by atoms with Crippen molar-refractivity contribution in [2.75, 3.05) is 0 Å². The van der Waals surface area contributed by atoms with Crippen molar-refractivity contribution < 1.29 is 0 Å². The third-order valence-electron chi connectivity index (χ3n) is 4.24. The molecule has 0 spiro atoms. The predicted octanol–water partition coefficient (Wildman–Crippen LogP) is 5.68. The number of hydrogen-bond donors (Lipinski definition) is 0. The average molecular weight is 242 g/mol. The first-order valence-corrected chi connectivity index (χ1v) is 7.43. The molecule has 0 nitrogen and oxygen atoms in total. The molecular weight excluding hydrogens is 216 g/mol. The molecule has 0 bridgehead atoms. The smallest absolute Gasteiger partial charge is 0.0185 e. The van der Waals surface area contributed by atoms with Gasteiger partial charge >= 0.3 is 0 Å². The maximum atomic E-state index is 2.41. The summed E-state index contributed by atoms with van der Waals surface area (Å²) in [7, 11) is 0. The summed E-state index contributed by atoms with van der Waals surface area (Å²) in [5, 5.41) is 0. The molecule has 0 aliphatic heterocycles. The Morgan fingerprint density at radius 3 is 2.50 bits per heavy atom. The Morgan fingerprint density at radius 1 is 1.22 bits per heavy atom. The lowest BCUT2D eigenvalue weighted by Gasteiger charge is -2.28. The molecule has 0 aromatic heterocycles. The van der Waals surface area contributed by atoms with Gasteiger partial charge in [-0.3, -0.25) is 0 Å². The first-order chi connectivity index (χ1) is 8.63. The van der Waals surface area contributed by atoms with Gasteiger partial charge in [0.25, 0.3) is 0 Å². The van der Waals surface area contributed by atoms with Gasteiger partial charge in [0, 0.05) is 0 Å². The molecular formula is C18H26. The molecule has 0 amide bonds. The lowest BCUT2D eigenvalue weighted by atomic mass is 9.77. The van der Waals surface area contributed by atoms with E-state index in [1.807, 2.05) is 0 Å². The highest BCUT2D eigenvalue weighted by atomic mass is 14.3. The lowest BCUT2D eigenvalue weighted by Crippen LogP contribution is -2.09. The quantitative estimate of drug-likeness (QED) is 0.637. The van der Waals surface area contributed by atoms with Gasteiger partial charge in [-0.15, -0.1) is 0 Å². The highest BCUT2D eigenvalue weighted by molar-refractivity contribution is 5.73. The minimum atomic E-state index is 0.714. The van der Waals surface area contributed by atoms with Crippen LogP contribution in [0.5, 0.6) is 0 Å². The Hall–Kier alpha value is -1.04. The molecule has 0 saturated heterocycles. The van der Waals surface area contributed by atoms with Crippen molar-refractivity contribution in [1.82, 2.24) is 0 Å². The van der Waals surface area contributed by atoms with Gasteiger partial charge in [0.15, 0.2) is 0 Å². The second-order valence-electron chi connectivity index (χ2n) is 5.88. The van der Waals surface area contributed by atoms with Crippen LogP contribution >= 0.6 is 0 Å². The molecule has 1 fully saturated rings. The largest absolute Gasteiger partial charge is 0.0661 e. The monoisotopic (exact) mass is 242 g/mol. The summed E-state index contributed by atoms with van der Waals surface area (Å²) in [6.45, 7) is 9.16. The Labute approximate surface area is 112 Å². The van der Waals surface area contributed by atoms with Gasteiger partial charge in [-0.2, -0.15) is 0 Å². The van der Waals surface area contributed by atoms with E-state index in [1.54, 1.807) is 11.1 Å². The van der Waals surface area contributed by atoms with E-state index < -0.39 is 0 Å². The fourth-order valence-electron chi connectivity index (χ4n) is 3.03. The zero-order chi connectivity index (χ0) is 13.1. The SMILES string of the molecule is CCCC(C)C(=C1CCC1)c1cc(C)ccc1C. The molecule has 1 aromatic carbocycles. The molecule has 1 saturated carbocycles. The average Bonchev–Trinajstić information content (AvgIpc) is 2.27. The zero-order valence-corrected chi connectivity index (χ0v) is 12.3. The highest BCUT2D eigenvalue weighted by Gasteiger charge is 2.21. The summed E-state index contributed by atoms with van der Waals surface area (Å²) in [4.78, 5) is 0. The first-order valence-electron chi connectivity index (χ1n) is 7.43. The molecule has 0 heteroatoms. The van der Waals surface area contributed by atoms with Crippen molar-refractivity contribution in [2.24, 2.45) is 5.92 Å². The van der Waals surface area contributed by atoms with Crippen LogP contribution in [0.1, 0.15) is 62.6 Å². The normalized spacial score (nSPS) is 16.3. The lowest BCUT2D eigenvalue weighted by molar-refractivity contribution is 0.610. The molecule has 1 aliphatic carbocycles. The second-order valence-corrected chi connectivity index (χ2v) is 5.88. The summed E-state index contributed by atoms with van der Waals surface area (Å²) in [6.07, 6.45) is 6.64. The van der Waals surface area contributed by atoms with Crippen molar-refractivity contribution >= 4 is 5.57 Å². The number of hydrogen-bond acceptors (Lipinski definition) is 0. The van der Waals surface area contributed by atoms with Crippen LogP contribution in [0, 0.1) is 19.8 Å². The van der Waals surface area contributed by atoms with Crippen LogP contribution in [-0.2, 0) is 0 Å². The maximum absolute atomic E-state index is 2.41. The first kappa shape index (κ1) is 13.4. The van der Waals surface area contributed by atoms with Crippen LogP contribution < -0.4 is 0 Å². The van der Waals surface area contributed by atoms with E-state index in [0.717, 1.165) is 0 Å². The summed E-state index contributed by atoms with van der Waals surface area (Å²) in [5.74, 6) is 0.714. The Bertz CT molecular complexity index is 445. The van der Waals surface area contributed by atoms with Gasteiger partial charge in [0.05, 0.1) is 0 Å². The van der Waals surface area contributed by atoms with E-state index in [1.165, 1.54) is 48.8 Å². The van der Waals surface area contributed by atoms with Crippen molar-refractivity contribution in [2.45, 2.75) is 59.8 Å². The number of rotatable bonds is 4. The number of benzene rings is 1. The molecule has 1 unspecified atom stereocenters. The fraction of sp³-hybridized carbons (Fsp3) is 0.556. The van der Waals surface area contributed by atoms with Crippen LogP contribution in [0.3, 0.4) is 0 Å². The van der Waals surface area contributed by atoms with Gasteiger partial charge in [-0.25, -0.2) is 0 Å². The van der Waals surface area contributed by atoms with Crippen LogP contribution in [0.25, 0.3) is 5.57 Å². The van der Waals surface area contributed by atoms with Crippen molar-refractivity contribution in [3.63, 3.8) is 0 Å². The van der Waals surface area contributed by atoms with E-state index >= 15 is 0 Å². The Kier molecular flexibility index (Phi) is 4.27. The predicted molar refractivity (Wildman–Crippen MR) is 80.8 cm³/mol. The molecule has 1 aromatic rings. The van der Waals surface area contributed by atoms with Crippen LogP contribution in [0.2, 0.25) is 0 Å². The van der Waals surface area contributed by atoms with E-state index in [4.69, 9.17) is 0 Å². The molecule has 98 valence electrons. The Balaban J connectivity index is 2.43. The summed E-state index contributed by atoms with van der Waals surface area (Å²) < 4.78 is 0. The van der Waals surface area contributed by atoms with Crippen molar-refractivity contribution in [1.29, 1.82) is 0 Å². The van der Waals surface area contributed by atoms with Crippen molar-refractivity contribution in [3.05, 3.63) is 40.5 Å².